The van der Waals surface area contributed by atoms with Crippen LogP contribution in [0.5, 0.6) is 0 Å². The van der Waals surface area contributed by atoms with E-state index in [1.165, 1.54) is 32.4 Å². The molecule has 2 aliphatic rings. The Balaban J connectivity index is 1.57. The van der Waals surface area contributed by atoms with E-state index in [4.69, 9.17) is 4.74 Å². The summed E-state index contributed by atoms with van der Waals surface area (Å²) in [6, 6.07) is 0. The van der Waals surface area contributed by atoms with Gasteiger partial charge in [-0.15, -0.1) is 0 Å². The van der Waals surface area contributed by atoms with Crippen LogP contribution in [0.1, 0.15) is 26.2 Å². The highest BCUT2D eigenvalue weighted by atomic mass is 16.5. The predicted octanol–water partition coefficient (Wildman–Crippen LogP) is 0.851. The Morgan fingerprint density at radius 1 is 1.21 bits per heavy atom. The van der Waals surface area contributed by atoms with Gasteiger partial charge < -0.3 is 15.0 Å². The summed E-state index contributed by atoms with van der Waals surface area (Å²) < 4.78 is 5.86. The molecule has 3 heteroatoms. The van der Waals surface area contributed by atoms with E-state index >= 15 is 0 Å². The molecular weight excluding hydrogens is 176 g/mol. The van der Waals surface area contributed by atoms with Gasteiger partial charge in [0, 0.05) is 19.6 Å². The molecule has 0 aromatic heterocycles. The maximum absolute atomic E-state index is 5.86. The maximum Gasteiger partial charge on any atom is 0.0902 e. The van der Waals surface area contributed by atoms with Gasteiger partial charge in [0.25, 0.3) is 0 Å². The van der Waals surface area contributed by atoms with E-state index in [0.29, 0.717) is 0 Å². The average molecular weight is 198 g/mol. The Morgan fingerprint density at radius 3 is 2.50 bits per heavy atom. The summed E-state index contributed by atoms with van der Waals surface area (Å²) in [6.45, 7) is 8.81. The van der Waals surface area contributed by atoms with Gasteiger partial charge in [0.15, 0.2) is 0 Å². The zero-order valence-corrected chi connectivity index (χ0v) is 9.22. The number of hydrogen-bond acceptors (Lipinski definition) is 3. The molecule has 0 amide bonds. The van der Waals surface area contributed by atoms with Gasteiger partial charge in [-0.2, -0.15) is 0 Å². The molecule has 0 aromatic rings. The van der Waals surface area contributed by atoms with Crippen LogP contribution in [0.2, 0.25) is 0 Å². The molecule has 14 heavy (non-hydrogen) atoms. The van der Waals surface area contributed by atoms with Gasteiger partial charge in [-0.1, -0.05) is 6.42 Å². The van der Waals surface area contributed by atoms with Crippen molar-refractivity contribution in [3.05, 3.63) is 0 Å². The fourth-order valence-electron chi connectivity index (χ4n) is 2.18. The van der Waals surface area contributed by atoms with Gasteiger partial charge >= 0.3 is 0 Å². The van der Waals surface area contributed by atoms with Crippen molar-refractivity contribution in [2.45, 2.75) is 31.8 Å². The maximum atomic E-state index is 5.86. The molecule has 2 aliphatic heterocycles. The zero-order chi connectivity index (χ0) is 9.86. The average Bonchev–Trinajstić information content (AvgIpc) is 2.17. The summed E-state index contributed by atoms with van der Waals surface area (Å²) in [7, 11) is 0. The van der Waals surface area contributed by atoms with E-state index in [9.17, 15) is 0 Å². The van der Waals surface area contributed by atoms with Crippen LogP contribution in [-0.2, 0) is 4.74 Å². The van der Waals surface area contributed by atoms with Gasteiger partial charge in [-0.25, -0.2) is 0 Å². The molecule has 1 N–H and O–H groups in total. The highest BCUT2D eigenvalue weighted by molar-refractivity contribution is 4.90. The lowest BCUT2D eigenvalue weighted by Crippen LogP contribution is -2.59. The molecule has 2 fully saturated rings. The number of rotatable bonds is 4. The van der Waals surface area contributed by atoms with Crippen molar-refractivity contribution in [3.63, 3.8) is 0 Å². The molecule has 0 radical (unpaired) electrons. The lowest BCUT2D eigenvalue weighted by atomic mass is 10.0. The summed E-state index contributed by atoms with van der Waals surface area (Å²) in [5, 5.41) is 3.25. The first-order valence-corrected chi connectivity index (χ1v) is 5.86. The first-order chi connectivity index (χ1) is 6.79. The van der Waals surface area contributed by atoms with Gasteiger partial charge in [0.2, 0.25) is 0 Å². The molecular formula is C11H22N2O. The van der Waals surface area contributed by atoms with Crippen LogP contribution in [0.3, 0.4) is 0 Å². The Kier molecular flexibility index (Phi) is 3.42. The van der Waals surface area contributed by atoms with Gasteiger partial charge in [0.05, 0.1) is 12.2 Å². The second-order valence-electron chi connectivity index (χ2n) is 4.80. The van der Waals surface area contributed by atoms with E-state index in [-0.39, 0.29) is 5.60 Å². The fourth-order valence-corrected chi connectivity index (χ4v) is 2.18. The van der Waals surface area contributed by atoms with Crippen LogP contribution in [0, 0.1) is 0 Å². The molecule has 0 atom stereocenters. The summed E-state index contributed by atoms with van der Waals surface area (Å²) >= 11 is 0. The quantitative estimate of drug-likeness (QED) is 0.725. The smallest absolute Gasteiger partial charge is 0.0902 e. The van der Waals surface area contributed by atoms with Crippen molar-refractivity contribution in [1.82, 2.24) is 10.2 Å². The molecule has 0 saturated carbocycles. The first kappa shape index (κ1) is 10.4. The van der Waals surface area contributed by atoms with Gasteiger partial charge in [-0.3, -0.25) is 0 Å². The van der Waals surface area contributed by atoms with E-state index < -0.39 is 0 Å². The Bertz CT molecular complexity index is 174. The molecule has 0 aromatic carbocycles. The molecule has 0 aliphatic carbocycles. The standard InChI is InChI=1S/C11H22N2O/c1-11(9-12-10-11)14-8-7-13-5-3-2-4-6-13/h12H,2-10H2,1H3. The third kappa shape index (κ3) is 2.69. The normalized spacial score (nSPS) is 27.2. The number of ether oxygens (including phenoxy) is 1. The number of likely N-dealkylation sites (tertiary alicyclic amines) is 1. The first-order valence-electron chi connectivity index (χ1n) is 5.86. The van der Waals surface area contributed by atoms with Crippen molar-refractivity contribution in [2.24, 2.45) is 0 Å². The molecule has 2 saturated heterocycles. The summed E-state index contributed by atoms with van der Waals surface area (Å²) in [5.74, 6) is 0. The van der Waals surface area contributed by atoms with Crippen LogP contribution in [0.25, 0.3) is 0 Å². The van der Waals surface area contributed by atoms with Crippen LogP contribution in [-0.4, -0.2) is 49.8 Å². The Hall–Kier alpha value is -0.120. The van der Waals surface area contributed by atoms with E-state index in [2.05, 4.69) is 17.1 Å². The fraction of sp³-hybridized carbons (Fsp3) is 1.00. The largest absolute Gasteiger partial charge is 0.371 e. The highest BCUT2D eigenvalue weighted by Gasteiger charge is 2.32. The molecule has 0 spiro atoms. The van der Waals surface area contributed by atoms with Gasteiger partial charge in [-0.05, 0) is 32.9 Å². The van der Waals surface area contributed by atoms with E-state index in [1.54, 1.807) is 0 Å². The molecule has 82 valence electrons. The monoisotopic (exact) mass is 198 g/mol. The summed E-state index contributed by atoms with van der Waals surface area (Å²) in [4.78, 5) is 2.53. The van der Waals surface area contributed by atoms with E-state index in [0.717, 1.165) is 26.2 Å². The van der Waals surface area contributed by atoms with Crippen LogP contribution in [0.15, 0.2) is 0 Å². The minimum absolute atomic E-state index is 0.135. The van der Waals surface area contributed by atoms with Crippen molar-refractivity contribution >= 4 is 0 Å². The van der Waals surface area contributed by atoms with Crippen LogP contribution in [0.4, 0.5) is 0 Å². The third-order valence-electron chi connectivity index (χ3n) is 3.30. The Morgan fingerprint density at radius 2 is 1.93 bits per heavy atom. The Labute approximate surface area is 86.8 Å². The number of nitrogens with one attached hydrogen (secondary N) is 1. The lowest BCUT2D eigenvalue weighted by Gasteiger charge is -2.39. The number of hydrogen-bond donors (Lipinski definition) is 1. The summed E-state index contributed by atoms with van der Waals surface area (Å²) in [5.41, 5.74) is 0.135. The van der Waals surface area contributed by atoms with E-state index in [1.807, 2.05) is 0 Å². The van der Waals surface area contributed by atoms with Crippen molar-refractivity contribution in [1.29, 1.82) is 0 Å². The third-order valence-corrected chi connectivity index (χ3v) is 3.30. The van der Waals surface area contributed by atoms with Crippen molar-refractivity contribution < 1.29 is 4.74 Å². The molecule has 3 nitrogen and oxygen atoms in total. The molecule has 2 heterocycles. The second-order valence-corrected chi connectivity index (χ2v) is 4.80. The highest BCUT2D eigenvalue weighted by Crippen LogP contribution is 2.15. The topological polar surface area (TPSA) is 24.5 Å². The van der Waals surface area contributed by atoms with Crippen LogP contribution >= 0.6 is 0 Å². The van der Waals surface area contributed by atoms with Crippen LogP contribution < -0.4 is 5.32 Å². The molecule has 0 unspecified atom stereocenters. The second kappa shape index (κ2) is 4.60. The molecule has 0 bridgehead atoms. The zero-order valence-electron chi connectivity index (χ0n) is 9.22. The lowest BCUT2D eigenvalue weighted by molar-refractivity contribution is -0.0729. The van der Waals surface area contributed by atoms with Gasteiger partial charge in [0.1, 0.15) is 0 Å². The minimum Gasteiger partial charge on any atom is -0.371 e. The predicted molar refractivity (Wildman–Crippen MR) is 57.5 cm³/mol. The number of nitrogens with zero attached hydrogens (tertiary/aromatic N) is 1. The van der Waals surface area contributed by atoms with Crippen molar-refractivity contribution in [2.75, 3.05) is 39.3 Å². The SMILES string of the molecule is CC1(OCCN2CCCCC2)CNC1. The number of piperidine rings is 1. The summed E-state index contributed by atoms with van der Waals surface area (Å²) in [6.07, 6.45) is 4.16. The molecule has 2 rings (SSSR count). The van der Waals surface area contributed by atoms with Crippen molar-refractivity contribution in [3.8, 4) is 0 Å². The minimum atomic E-state index is 0.135.